The third kappa shape index (κ3) is 3.16. The van der Waals surface area contributed by atoms with Crippen molar-refractivity contribution in [2.45, 2.75) is 52.1 Å². The molecule has 0 saturated heterocycles. The van der Waals surface area contributed by atoms with Crippen molar-refractivity contribution in [3.63, 3.8) is 0 Å². The van der Waals surface area contributed by atoms with Gasteiger partial charge in [-0.1, -0.05) is 44.2 Å². The van der Waals surface area contributed by atoms with E-state index in [1.54, 1.807) is 0 Å². The van der Waals surface area contributed by atoms with Crippen LogP contribution in [0.3, 0.4) is 0 Å². The molecule has 0 heterocycles. The molecule has 2 heteroatoms. The molecule has 0 bridgehead atoms. The van der Waals surface area contributed by atoms with Crippen LogP contribution in [-0.4, -0.2) is 11.2 Å². The number of nitriles is 1. The summed E-state index contributed by atoms with van der Waals surface area (Å²) < 4.78 is 0. The lowest BCUT2D eigenvalue weighted by molar-refractivity contribution is 0.0115. The Morgan fingerprint density at radius 1 is 1.16 bits per heavy atom. The Morgan fingerprint density at radius 2 is 1.74 bits per heavy atom. The van der Waals surface area contributed by atoms with Gasteiger partial charge in [0.15, 0.2) is 0 Å². The van der Waals surface area contributed by atoms with Crippen LogP contribution in [-0.2, 0) is 6.42 Å². The zero-order valence-corrected chi connectivity index (χ0v) is 11.9. The summed E-state index contributed by atoms with van der Waals surface area (Å²) in [6, 6.07) is 12.4. The van der Waals surface area contributed by atoms with Gasteiger partial charge in [-0.15, -0.1) is 0 Å². The van der Waals surface area contributed by atoms with Gasteiger partial charge in [0.05, 0.1) is 17.6 Å². The maximum Gasteiger partial charge on any atom is 0.0836 e. The normalized spacial score (nSPS) is 22.4. The van der Waals surface area contributed by atoms with E-state index >= 15 is 0 Å². The Kier molecular flexibility index (Phi) is 3.96. The monoisotopic (exact) mass is 257 g/mol. The van der Waals surface area contributed by atoms with Crippen molar-refractivity contribution < 1.29 is 5.11 Å². The minimum absolute atomic E-state index is 0.312. The van der Waals surface area contributed by atoms with Crippen LogP contribution in [0.4, 0.5) is 0 Å². The van der Waals surface area contributed by atoms with E-state index in [4.69, 9.17) is 0 Å². The predicted molar refractivity (Wildman–Crippen MR) is 76.4 cm³/mol. The van der Waals surface area contributed by atoms with Gasteiger partial charge in [-0.3, -0.25) is 0 Å². The average molecular weight is 257 g/mol. The zero-order valence-electron chi connectivity index (χ0n) is 11.9. The quantitative estimate of drug-likeness (QED) is 0.897. The summed E-state index contributed by atoms with van der Waals surface area (Å²) >= 11 is 0. The second kappa shape index (κ2) is 5.35. The first kappa shape index (κ1) is 14.1. The van der Waals surface area contributed by atoms with Crippen LogP contribution in [0.15, 0.2) is 30.3 Å². The Hall–Kier alpha value is -1.33. The summed E-state index contributed by atoms with van der Waals surface area (Å²) in [4.78, 5) is 0. The molecule has 102 valence electrons. The van der Waals surface area contributed by atoms with E-state index in [1.165, 1.54) is 0 Å². The molecule has 2 rings (SSSR count). The van der Waals surface area contributed by atoms with E-state index in [2.05, 4.69) is 19.9 Å². The summed E-state index contributed by atoms with van der Waals surface area (Å²) in [5, 5.41) is 20.1. The van der Waals surface area contributed by atoms with Crippen LogP contribution < -0.4 is 0 Å². The molecule has 0 aliphatic heterocycles. The number of hydrogen-bond donors (Lipinski definition) is 1. The minimum atomic E-state index is -0.559. The van der Waals surface area contributed by atoms with Crippen molar-refractivity contribution >= 4 is 0 Å². The van der Waals surface area contributed by atoms with Gasteiger partial charge in [-0.25, -0.2) is 0 Å². The fourth-order valence-electron chi connectivity index (χ4n) is 2.93. The molecular formula is C17H23NO. The van der Waals surface area contributed by atoms with E-state index in [0.717, 1.165) is 31.2 Å². The van der Waals surface area contributed by atoms with Gasteiger partial charge in [-0.2, -0.15) is 5.26 Å². The molecule has 1 aromatic carbocycles. The Morgan fingerprint density at radius 3 is 2.26 bits per heavy atom. The maximum absolute atomic E-state index is 10.5. The number of rotatable bonds is 3. The SMILES string of the molecule is CC1(C)CCC(C#N)(C(O)Cc2ccccc2)CC1. The van der Waals surface area contributed by atoms with Gasteiger partial charge in [0, 0.05) is 0 Å². The summed E-state index contributed by atoms with van der Waals surface area (Å²) in [6.07, 6.45) is 3.68. The van der Waals surface area contributed by atoms with Gasteiger partial charge in [-0.05, 0) is 43.1 Å². The number of benzene rings is 1. The van der Waals surface area contributed by atoms with Crippen molar-refractivity contribution in [1.29, 1.82) is 5.26 Å². The smallest absolute Gasteiger partial charge is 0.0836 e. The van der Waals surface area contributed by atoms with Crippen LogP contribution >= 0.6 is 0 Å². The van der Waals surface area contributed by atoms with Gasteiger partial charge >= 0.3 is 0 Å². The molecule has 1 aliphatic rings. The van der Waals surface area contributed by atoms with Crippen LogP contribution in [0, 0.1) is 22.2 Å². The first-order valence-corrected chi connectivity index (χ1v) is 7.11. The van der Waals surface area contributed by atoms with Crippen molar-refractivity contribution in [2.24, 2.45) is 10.8 Å². The van der Waals surface area contributed by atoms with Crippen LogP contribution in [0.1, 0.15) is 45.1 Å². The number of aliphatic hydroxyl groups is 1. The predicted octanol–water partition coefficient (Wildman–Crippen LogP) is 3.70. The fraction of sp³-hybridized carbons (Fsp3) is 0.588. The average Bonchev–Trinajstić information content (AvgIpc) is 2.40. The number of nitrogens with zero attached hydrogens (tertiary/aromatic N) is 1. The molecule has 1 unspecified atom stereocenters. The van der Waals surface area contributed by atoms with E-state index in [0.29, 0.717) is 11.8 Å². The highest BCUT2D eigenvalue weighted by Gasteiger charge is 2.43. The molecule has 1 aliphatic carbocycles. The second-order valence-corrected chi connectivity index (χ2v) is 6.64. The van der Waals surface area contributed by atoms with E-state index in [9.17, 15) is 10.4 Å². The summed E-state index contributed by atoms with van der Waals surface area (Å²) in [6.45, 7) is 4.50. The highest BCUT2D eigenvalue weighted by atomic mass is 16.3. The van der Waals surface area contributed by atoms with Crippen molar-refractivity contribution in [3.8, 4) is 6.07 Å². The first-order chi connectivity index (χ1) is 8.97. The second-order valence-electron chi connectivity index (χ2n) is 6.64. The molecule has 1 fully saturated rings. The number of hydrogen-bond acceptors (Lipinski definition) is 2. The van der Waals surface area contributed by atoms with Crippen LogP contribution in [0.5, 0.6) is 0 Å². The van der Waals surface area contributed by atoms with Gasteiger partial charge in [0.25, 0.3) is 0 Å². The molecule has 1 N–H and O–H groups in total. The third-order valence-corrected chi connectivity index (χ3v) is 4.63. The molecule has 0 amide bonds. The maximum atomic E-state index is 10.5. The highest BCUT2D eigenvalue weighted by Crippen LogP contribution is 2.47. The van der Waals surface area contributed by atoms with Crippen molar-refractivity contribution in [3.05, 3.63) is 35.9 Å². The van der Waals surface area contributed by atoms with E-state index < -0.39 is 11.5 Å². The summed E-state index contributed by atoms with van der Waals surface area (Å²) in [5.74, 6) is 0. The lowest BCUT2D eigenvalue weighted by Gasteiger charge is -2.41. The first-order valence-electron chi connectivity index (χ1n) is 7.11. The van der Waals surface area contributed by atoms with Crippen molar-refractivity contribution in [1.82, 2.24) is 0 Å². The lowest BCUT2D eigenvalue weighted by atomic mass is 9.63. The largest absolute Gasteiger partial charge is 0.391 e. The minimum Gasteiger partial charge on any atom is -0.391 e. The standard InChI is InChI=1S/C17H23NO/c1-16(2)8-10-17(13-18,11-9-16)15(19)12-14-6-4-3-5-7-14/h3-7,15,19H,8-12H2,1-2H3. The Bertz CT molecular complexity index is 448. The molecule has 0 radical (unpaired) electrons. The van der Waals surface area contributed by atoms with Gasteiger partial charge in [0.2, 0.25) is 0 Å². The van der Waals surface area contributed by atoms with Gasteiger partial charge < -0.3 is 5.11 Å². The van der Waals surface area contributed by atoms with Crippen LogP contribution in [0.25, 0.3) is 0 Å². The Balaban J connectivity index is 2.08. The zero-order chi connectivity index (χ0) is 13.9. The molecule has 2 nitrogen and oxygen atoms in total. The van der Waals surface area contributed by atoms with Crippen molar-refractivity contribution in [2.75, 3.05) is 0 Å². The summed E-state index contributed by atoms with van der Waals surface area (Å²) in [7, 11) is 0. The topological polar surface area (TPSA) is 44.0 Å². The van der Waals surface area contributed by atoms with Crippen LogP contribution in [0.2, 0.25) is 0 Å². The summed E-state index contributed by atoms with van der Waals surface area (Å²) in [5.41, 5.74) is 0.868. The molecular weight excluding hydrogens is 234 g/mol. The molecule has 0 spiro atoms. The molecule has 19 heavy (non-hydrogen) atoms. The molecule has 0 aromatic heterocycles. The lowest BCUT2D eigenvalue weighted by Crippen LogP contribution is -2.40. The molecule has 1 aromatic rings. The Labute approximate surface area is 116 Å². The van der Waals surface area contributed by atoms with E-state index in [-0.39, 0.29) is 0 Å². The highest BCUT2D eigenvalue weighted by molar-refractivity contribution is 5.18. The third-order valence-electron chi connectivity index (χ3n) is 4.63. The number of aliphatic hydroxyl groups excluding tert-OH is 1. The van der Waals surface area contributed by atoms with Gasteiger partial charge in [0.1, 0.15) is 0 Å². The fourth-order valence-corrected chi connectivity index (χ4v) is 2.93. The van der Waals surface area contributed by atoms with E-state index in [1.807, 2.05) is 30.3 Å². The molecule has 1 saturated carbocycles. The molecule has 1 atom stereocenters.